The van der Waals surface area contributed by atoms with Crippen LogP contribution in [0, 0.1) is 0 Å². The summed E-state index contributed by atoms with van der Waals surface area (Å²) in [5.74, 6) is -0.903. The topological polar surface area (TPSA) is 193 Å². The summed E-state index contributed by atoms with van der Waals surface area (Å²) in [4.78, 5) is 23.7. The summed E-state index contributed by atoms with van der Waals surface area (Å²) in [5.41, 5.74) is 6.52. The van der Waals surface area contributed by atoms with Crippen molar-refractivity contribution < 1.29 is 38.1 Å². The van der Waals surface area contributed by atoms with Gasteiger partial charge in [-0.25, -0.2) is 9.55 Å². The monoisotopic (exact) mass is 508 g/mol. The van der Waals surface area contributed by atoms with Crippen LogP contribution < -0.4 is 20.1 Å². The van der Waals surface area contributed by atoms with Crippen LogP contribution in [0.15, 0.2) is 36.7 Å². The van der Waals surface area contributed by atoms with Crippen LogP contribution in [0.25, 0.3) is 11.2 Å². The number of imidazole rings is 1. The Kier molecular flexibility index (Phi) is 7.19. The molecular formula is C20H25N6O8P. The molecule has 1 aliphatic rings. The van der Waals surface area contributed by atoms with Crippen molar-refractivity contribution in [3.05, 3.63) is 36.7 Å². The average Bonchev–Trinajstić information content (AvgIpc) is 3.41. The molecule has 1 saturated heterocycles. The number of carboxylic acids is 1. The van der Waals surface area contributed by atoms with Gasteiger partial charge in [-0.3, -0.25) is 13.9 Å². The van der Waals surface area contributed by atoms with E-state index in [1.807, 2.05) is 0 Å². The second kappa shape index (κ2) is 10.1. The number of nitrogens with two attached hydrogens (primary N) is 1. The predicted molar refractivity (Wildman–Crippen MR) is 122 cm³/mol. The fourth-order valence-electron chi connectivity index (χ4n) is 3.47. The Morgan fingerprint density at radius 3 is 2.80 bits per heavy atom. The normalized spacial score (nSPS) is 22.5. The second-order valence-electron chi connectivity index (χ2n) is 7.76. The van der Waals surface area contributed by atoms with Gasteiger partial charge in [-0.1, -0.05) is 18.2 Å². The van der Waals surface area contributed by atoms with Crippen LogP contribution >= 0.6 is 7.75 Å². The lowest BCUT2D eigenvalue weighted by Crippen LogP contribution is -2.34. The molecular weight excluding hydrogens is 483 g/mol. The molecule has 0 aliphatic carbocycles. The molecule has 15 heteroatoms. The molecule has 5 N–H and O–H groups in total. The fraction of sp³-hybridized carbons (Fsp3) is 0.400. The number of carboxylic acid groups (broad SMARTS) is 1. The molecule has 0 amide bonds. The van der Waals surface area contributed by atoms with E-state index in [0.29, 0.717) is 11.2 Å². The lowest BCUT2D eigenvalue weighted by molar-refractivity contribution is -0.138. The lowest BCUT2D eigenvalue weighted by atomic mass is 10.2. The maximum atomic E-state index is 13.3. The van der Waals surface area contributed by atoms with Crippen LogP contribution in [-0.4, -0.2) is 67.7 Å². The molecule has 1 fully saturated rings. The third kappa shape index (κ3) is 5.52. The van der Waals surface area contributed by atoms with Gasteiger partial charge in [0.15, 0.2) is 23.2 Å². The van der Waals surface area contributed by atoms with E-state index in [2.05, 4.69) is 20.0 Å². The summed E-state index contributed by atoms with van der Waals surface area (Å²) < 4.78 is 36.8. The highest BCUT2D eigenvalue weighted by Crippen LogP contribution is 2.46. The number of hydrogen-bond acceptors (Lipinski definition) is 11. The number of para-hydroxylation sites is 1. The van der Waals surface area contributed by atoms with Gasteiger partial charge in [0.05, 0.1) is 26.1 Å². The van der Waals surface area contributed by atoms with E-state index in [1.54, 1.807) is 30.3 Å². The number of nitrogen functional groups attached to an aromatic ring is 1. The first kappa shape index (κ1) is 24.8. The van der Waals surface area contributed by atoms with E-state index < -0.39 is 38.2 Å². The van der Waals surface area contributed by atoms with Gasteiger partial charge in [0.1, 0.15) is 17.9 Å². The van der Waals surface area contributed by atoms with Crippen molar-refractivity contribution in [1.29, 1.82) is 0 Å². The van der Waals surface area contributed by atoms with E-state index >= 15 is 0 Å². The van der Waals surface area contributed by atoms with Crippen molar-refractivity contribution in [2.45, 2.75) is 37.8 Å². The highest BCUT2D eigenvalue weighted by atomic mass is 31.2. The molecule has 0 bridgehead atoms. The highest BCUT2D eigenvalue weighted by Gasteiger charge is 2.39. The number of rotatable bonds is 10. The van der Waals surface area contributed by atoms with Crippen molar-refractivity contribution in [1.82, 2.24) is 24.6 Å². The molecule has 1 aromatic carbocycles. The molecule has 3 aromatic rings. The Hall–Kier alpha value is -3.29. The first-order chi connectivity index (χ1) is 16.7. The van der Waals surface area contributed by atoms with Crippen LogP contribution in [0.1, 0.15) is 19.6 Å². The maximum Gasteiger partial charge on any atom is 0.459 e. The molecule has 14 nitrogen and oxygen atoms in total. The van der Waals surface area contributed by atoms with Gasteiger partial charge in [0, 0.05) is 6.42 Å². The zero-order valence-corrected chi connectivity index (χ0v) is 19.7. The van der Waals surface area contributed by atoms with Crippen LogP contribution in [0.3, 0.4) is 0 Å². The summed E-state index contributed by atoms with van der Waals surface area (Å²) in [7, 11) is -2.73. The molecule has 2 aromatic heterocycles. The molecule has 5 atom stereocenters. The summed E-state index contributed by atoms with van der Waals surface area (Å²) >= 11 is 0. The van der Waals surface area contributed by atoms with Crippen molar-refractivity contribution in [2.75, 3.05) is 19.5 Å². The number of carbonyl (C=O) groups is 1. The van der Waals surface area contributed by atoms with Crippen LogP contribution in [0.5, 0.6) is 11.8 Å². The first-order valence-electron chi connectivity index (χ1n) is 10.6. The molecule has 1 aliphatic heterocycles. The third-order valence-electron chi connectivity index (χ3n) is 5.17. The SMILES string of the molecule is COc1nc(N)c2ncn([C@@H]3O[C@H](COP(=O)(NC(C)C(=O)O)Oc4ccccc4)C[C@H]3O)c2n1. The summed E-state index contributed by atoms with van der Waals surface area (Å²) in [6, 6.07) is 7.01. The molecule has 0 radical (unpaired) electrons. The van der Waals surface area contributed by atoms with Gasteiger partial charge in [-0.15, -0.1) is 0 Å². The van der Waals surface area contributed by atoms with E-state index in [4.69, 9.17) is 24.3 Å². The number of anilines is 1. The van der Waals surface area contributed by atoms with Gasteiger partial charge < -0.3 is 29.9 Å². The quantitative estimate of drug-likeness (QED) is 0.287. The lowest BCUT2D eigenvalue weighted by Gasteiger charge is -2.23. The molecule has 0 saturated carbocycles. The fourth-order valence-corrected chi connectivity index (χ4v) is 4.99. The number of nitrogens with one attached hydrogen (secondary N) is 1. The van der Waals surface area contributed by atoms with E-state index in [0.717, 1.165) is 0 Å². The van der Waals surface area contributed by atoms with Crippen LogP contribution in [-0.2, 0) is 18.6 Å². The maximum absolute atomic E-state index is 13.3. The van der Waals surface area contributed by atoms with Crippen molar-refractivity contribution in [2.24, 2.45) is 0 Å². The van der Waals surface area contributed by atoms with E-state index in [1.165, 1.54) is 24.9 Å². The molecule has 3 heterocycles. The van der Waals surface area contributed by atoms with E-state index in [-0.39, 0.29) is 30.6 Å². The number of aromatic nitrogens is 4. The molecule has 2 unspecified atom stereocenters. The Bertz CT molecular complexity index is 1240. The minimum atomic E-state index is -4.12. The second-order valence-corrected chi connectivity index (χ2v) is 9.45. The Morgan fingerprint density at radius 1 is 1.37 bits per heavy atom. The Morgan fingerprint density at radius 2 is 2.11 bits per heavy atom. The number of nitrogens with zero attached hydrogens (tertiary/aromatic N) is 4. The Labute approximate surface area is 199 Å². The molecule has 35 heavy (non-hydrogen) atoms. The van der Waals surface area contributed by atoms with Gasteiger partial charge in [0.25, 0.3) is 0 Å². The number of aliphatic hydroxyl groups is 1. The third-order valence-corrected chi connectivity index (χ3v) is 6.82. The summed E-state index contributed by atoms with van der Waals surface area (Å²) in [6.45, 7) is 1.05. The van der Waals surface area contributed by atoms with Gasteiger partial charge in [-0.2, -0.15) is 15.1 Å². The minimum Gasteiger partial charge on any atom is -0.480 e. The predicted octanol–water partition coefficient (Wildman–Crippen LogP) is 1.33. The van der Waals surface area contributed by atoms with Gasteiger partial charge in [0.2, 0.25) is 0 Å². The smallest absolute Gasteiger partial charge is 0.459 e. The average molecular weight is 508 g/mol. The summed E-state index contributed by atoms with van der Waals surface area (Å²) in [6.07, 6.45) is -1.05. The number of hydrogen-bond donors (Lipinski definition) is 4. The van der Waals surface area contributed by atoms with Crippen molar-refractivity contribution in [3.8, 4) is 11.8 Å². The van der Waals surface area contributed by atoms with Crippen molar-refractivity contribution in [3.63, 3.8) is 0 Å². The first-order valence-corrected chi connectivity index (χ1v) is 12.1. The zero-order chi connectivity index (χ0) is 25.2. The highest BCUT2D eigenvalue weighted by molar-refractivity contribution is 7.52. The molecule has 188 valence electrons. The number of fused-ring (bicyclic) bond motifs is 1. The minimum absolute atomic E-state index is 0.0294. The van der Waals surface area contributed by atoms with Gasteiger partial charge >= 0.3 is 19.7 Å². The molecule has 4 rings (SSSR count). The number of methoxy groups -OCH3 is 1. The van der Waals surface area contributed by atoms with E-state index in [9.17, 15) is 19.6 Å². The number of benzene rings is 1. The standard InChI is InChI=1S/C20H25N6O8P/c1-11(19(28)29)25-35(30,34-12-6-4-3-5-7-12)32-9-13-8-14(27)18(33-13)26-10-22-15-16(21)23-20(31-2)24-17(15)26/h3-7,10-11,13-14,18,27H,8-9H2,1-2H3,(H,25,30)(H,28,29)(H2,21,23,24)/t11?,13-,14+,18+,35?/m0/s1. The number of ether oxygens (including phenoxy) is 2. The largest absolute Gasteiger partial charge is 0.480 e. The number of aliphatic carboxylic acids is 1. The van der Waals surface area contributed by atoms with Crippen LogP contribution in [0.2, 0.25) is 0 Å². The number of aliphatic hydroxyl groups excluding tert-OH is 1. The zero-order valence-electron chi connectivity index (χ0n) is 18.8. The Balaban J connectivity index is 1.49. The summed E-state index contributed by atoms with van der Waals surface area (Å²) in [5, 5.41) is 22.3. The molecule has 0 spiro atoms. The van der Waals surface area contributed by atoms with Crippen molar-refractivity contribution >= 4 is 30.7 Å². The van der Waals surface area contributed by atoms with Gasteiger partial charge in [-0.05, 0) is 19.1 Å². The van der Waals surface area contributed by atoms with Crippen LogP contribution in [0.4, 0.5) is 5.82 Å².